The quantitative estimate of drug-likeness (QED) is 0.649. The van der Waals surface area contributed by atoms with Gasteiger partial charge in [0.25, 0.3) is 0 Å². The molecular weight excluding hydrogens is 228 g/mol. The first-order valence-electron chi connectivity index (χ1n) is 4.67. The van der Waals surface area contributed by atoms with Crippen LogP contribution in [0, 0.1) is 0 Å². The molecule has 3 aromatic rings. The molecular formula is C11H7ClN2O2. The van der Waals surface area contributed by atoms with Gasteiger partial charge in [-0.05, 0) is 12.1 Å². The van der Waals surface area contributed by atoms with E-state index in [1.54, 1.807) is 19.4 Å². The Morgan fingerprint density at radius 1 is 1.31 bits per heavy atom. The molecule has 0 amide bonds. The molecule has 2 aromatic heterocycles. The molecule has 16 heavy (non-hydrogen) atoms. The minimum Gasteiger partial charge on any atom is -0.495 e. The first kappa shape index (κ1) is 9.42. The number of hydrogen-bond donors (Lipinski definition) is 0. The average Bonchev–Trinajstić information content (AvgIpc) is 2.65. The summed E-state index contributed by atoms with van der Waals surface area (Å²) in [7, 11) is 1.58. The highest BCUT2D eigenvalue weighted by molar-refractivity contribution is 6.33. The number of nitrogens with zero attached hydrogens (tertiary/aromatic N) is 2. The Morgan fingerprint density at radius 3 is 3.00 bits per heavy atom. The van der Waals surface area contributed by atoms with E-state index in [-0.39, 0.29) is 0 Å². The van der Waals surface area contributed by atoms with E-state index < -0.39 is 0 Å². The molecule has 0 aliphatic rings. The normalized spacial score (nSPS) is 11.1. The maximum Gasteiger partial charge on any atom is 0.246 e. The molecule has 1 aromatic carbocycles. The van der Waals surface area contributed by atoms with Gasteiger partial charge in [-0.25, -0.2) is 0 Å². The number of rotatable bonds is 1. The van der Waals surface area contributed by atoms with Crippen LogP contribution >= 0.6 is 11.6 Å². The van der Waals surface area contributed by atoms with Gasteiger partial charge < -0.3 is 9.15 Å². The molecule has 0 saturated heterocycles. The molecule has 3 rings (SSSR count). The number of furan rings is 1. The minimum absolute atomic E-state index is 0.502. The minimum atomic E-state index is 0.502. The Kier molecular flexibility index (Phi) is 1.97. The molecule has 0 radical (unpaired) electrons. The maximum atomic E-state index is 6.01. The zero-order valence-corrected chi connectivity index (χ0v) is 9.15. The molecule has 4 nitrogen and oxygen atoms in total. The molecule has 5 heteroatoms. The Balaban J connectivity index is 2.47. The van der Waals surface area contributed by atoms with Gasteiger partial charge in [0.2, 0.25) is 5.71 Å². The van der Waals surface area contributed by atoms with E-state index in [0.29, 0.717) is 22.1 Å². The van der Waals surface area contributed by atoms with Gasteiger partial charge in [-0.2, -0.15) is 5.10 Å². The highest BCUT2D eigenvalue weighted by atomic mass is 35.5. The summed E-state index contributed by atoms with van der Waals surface area (Å²) >= 11 is 6.01. The Morgan fingerprint density at radius 2 is 2.19 bits per heavy atom. The van der Waals surface area contributed by atoms with Crippen LogP contribution < -0.4 is 4.74 Å². The number of methoxy groups -OCH3 is 1. The summed E-state index contributed by atoms with van der Waals surface area (Å²) in [6.45, 7) is 0. The van der Waals surface area contributed by atoms with Crippen LogP contribution in [0.4, 0.5) is 0 Å². The van der Waals surface area contributed by atoms with Crippen LogP contribution in [0.15, 0.2) is 28.8 Å². The summed E-state index contributed by atoms with van der Waals surface area (Å²) < 4.78 is 10.7. The van der Waals surface area contributed by atoms with Gasteiger partial charge in [-0.15, -0.1) is 5.10 Å². The number of benzene rings is 1. The number of aromatic nitrogens is 2. The second-order valence-corrected chi connectivity index (χ2v) is 3.74. The molecule has 0 atom stereocenters. The molecule has 0 unspecified atom stereocenters. The van der Waals surface area contributed by atoms with E-state index in [1.807, 2.05) is 12.1 Å². The van der Waals surface area contributed by atoms with Crippen LogP contribution in [0.3, 0.4) is 0 Å². The molecule has 0 spiro atoms. The summed E-state index contributed by atoms with van der Waals surface area (Å²) in [6.07, 6.45) is 1.62. The summed E-state index contributed by atoms with van der Waals surface area (Å²) in [5.74, 6) is 0.619. The van der Waals surface area contributed by atoms with Gasteiger partial charge in [0.1, 0.15) is 11.3 Å². The van der Waals surface area contributed by atoms with Gasteiger partial charge in [-0.3, -0.25) is 0 Å². The van der Waals surface area contributed by atoms with E-state index in [2.05, 4.69) is 10.2 Å². The van der Waals surface area contributed by atoms with E-state index in [0.717, 1.165) is 10.8 Å². The van der Waals surface area contributed by atoms with Crippen molar-refractivity contribution in [2.24, 2.45) is 0 Å². The van der Waals surface area contributed by atoms with Crippen LogP contribution in [-0.4, -0.2) is 17.3 Å². The first-order chi connectivity index (χ1) is 7.79. The molecule has 0 aliphatic carbocycles. The molecule has 80 valence electrons. The van der Waals surface area contributed by atoms with Crippen molar-refractivity contribution in [3.63, 3.8) is 0 Å². The monoisotopic (exact) mass is 234 g/mol. The third-order valence-corrected chi connectivity index (χ3v) is 2.73. The van der Waals surface area contributed by atoms with Gasteiger partial charge >= 0.3 is 0 Å². The second-order valence-electron chi connectivity index (χ2n) is 3.34. The third kappa shape index (κ3) is 1.23. The van der Waals surface area contributed by atoms with Crippen LogP contribution in [0.5, 0.6) is 5.75 Å². The van der Waals surface area contributed by atoms with Crippen LogP contribution in [0.1, 0.15) is 0 Å². The summed E-state index contributed by atoms with van der Waals surface area (Å²) in [5.41, 5.74) is 1.18. The van der Waals surface area contributed by atoms with Crippen LogP contribution in [0.2, 0.25) is 5.02 Å². The number of ether oxygens (including phenoxy) is 1. The average molecular weight is 235 g/mol. The van der Waals surface area contributed by atoms with Crippen molar-refractivity contribution >= 4 is 33.7 Å². The predicted octanol–water partition coefficient (Wildman–Crippen LogP) is 3.04. The number of halogens is 1. The van der Waals surface area contributed by atoms with Crippen molar-refractivity contribution in [1.29, 1.82) is 0 Å². The lowest BCUT2D eigenvalue weighted by molar-refractivity contribution is 0.415. The maximum absolute atomic E-state index is 6.01. The van der Waals surface area contributed by atoms with Gasteiger partial charge in [0, 0.05) is 11.5 Å². The van der Waals surface area contributed by atoms with Crippen LogP contribution in [-0.2, 0) is 0 Å². The largest absolute Gasteiger partial charge is 0.495 e. The van der Waals surface area contributed by atoms with E-state index in [9.17, 15) is 0 Å². The highest BCUT2D eigenvalue weighted by Crippen LogP contribution is 2.34. The lowest BCUT2D eigenvalue weighted by Crippen LogP contribution is -1.83. The Labute approximate surface area is 95.8 Å². The van der Waals surface area contributed by atoms with Crippen LogP contribution in [0.25, 0.3) is 22.1 Å². The number of hydrogen-bond acceptors (Lipinski definition) is 4. The fourth-order valence-electron chi connectivity index (χ4n) is 1.69. The lowest BCUT2D eigenvalue weighted by atomic mass is 10.2. The second kappa shape index (κ2) is 3.35. The first-order valence-corrected chi connectivity index (χ1v) is 5.05. The standard InChI is InChI=1S/C11H7ClN2O2/c1-15-10-4-7-6-2-3-13-14-11(6)16-9(7)5-8(10)12/h2-5H,1H3. The summed E-state index contributed by atoms with van der Waals surface area (Å²) in [5, 5.41) is 10.0. The van der Waals surface area contributed by atoms with Gasteiger partial charge in [-0.1, -0.05) is 11.6 Å². The Hall–Kier alpha value is -1.81. The predicted molar refractivity (Wildman–Crippen MR) is 60.9 cm³/mol. The van der Waals surface area contributed by atoms with Crippen molar-refractivity contribution < 1.29 is 9.15 Å². The van der Waals surface area contributed by atoms with Gasteiger partial charge in [0.05, 0.1) is 23.7 Å². The zero-order chi connectivity index (χ0) is 11.1. The topological polar surface area (TPSA) is 48.2 Å². The Bertz CT molecular complexity index is 678. The van der Waals surface area contributed by atoms with Gasteiger partial charge in [0.15, 0.2) is 0 Å². The summed E-state index contributed by atoms with van der Waals surface area (Å²) in [6, 6.07) is 5.41. The number of fused-ring (bicyclic) bond motifs is 3. The SMILES string of the molecule is COc1cc2c(cc1Cl)oc1nnccc12. The van der Waals surface area contributed by atoms with Crippen molar-refractivity contribution in [1.82, 2.24) is 10.2 Å². The fourth-order valence-corrected chi connectivity index (χ4v) is 1.92. The molecule has 0 aliphatic heterocycles. The molecule has 0 N–H and O–H groups in total. The molecule has 0 saturated carbocycles. The highest BCUT2D eigenvalue weighted by Gasteiger charge is 2.11. The van der Waals surface area contributed by atoms with Crippen molar-refractivity contribution in [2.45, 2.75) is 0 Å². The van der Waals surface area contributed by atoms with E-state index >= 15 is 0 Å². The third-order valence-electron chi connectivity index (χ3n) is 2.44. The zero-order valence-electron chi connectivity index (χ0n) is 8.40. The molecule has 2 heterocycles. The van der Waals surface area contributed by atoms with Crippen molar-refractivity contribution in [3.8, 4) is 5.75 Å². The fraction of sp³-hybridized carbons (Fsp3) is 0.0909. The molecule has 0 bridgehead atoms. The van der Waals surface area contributed by atoms with Crippen molar-refractivity contribution in [2.75, 3.05) is 7.11 Å². The van der Waals surface area contributed by atoms with E-state index in [4.69, 9.17) is 20.8 Å². The van der Waals surface area contributed by atoms with E-state index in [1.165, 1.54) is 0 Å². The smallest absolute Gasteiger partial charge is 0.246 e. The summed E-state index contributed by atoms with van der Waals surface area (Å²) in [4.78, 5) is 0. The molecule has 0 fully saturated rings. The van der Waals surface area contributed by atoms with Crippen molar-refractivity contribution in [3.05, 3.63) is 29.4 Å². The lowest BCUT2D eigenvalue weighted by Gasteiger charge is -2.01.